The molecule has 138 valence electrons. The molecule has 2 heterocycles. The minimum Gasteiger partial charge on any atom is -0.475 e. The van der Waals surface area contributed by atoms with Crippen LogP contribution in [0.2, 0.25) is 0 Å². The van der Waals surface area contributed by atoms with E-state index in [1.165, 1.54) is 0 Å². The van der Waals surface area contributed by atoms with Gasteiger partial charge in [0, 0.05) is 18.8 Å². The summed E-state index contributed by atoms with van der Waals surface area (Å²) >= 11 is 0. The van der Waals surface area contributed by atoms with E-state index in [9.17, 15) is 4.79 Å². The average molecular weight is 354 g/mol. The number of carbonyl (C=O) groups excluding carboxylic acids is 1. The minimum atomic E-state index is -0.263. The third-order valence-electron chi connectivity index (χ3n) is 4.44. The molecule has 1 aliphatic heterocycles. The van der Waals surface area contributed by atoms with Gasteiger partial charge in [0.05, 0.1) is 12.1 Å². The summed E-state index contributed by atoms with van der Waals surface area (Å²) in [5, 5.41) is 0. The first-order valence-corrected chi connectivity index (χ1v) is 9.23. The Morgan fingerprint density at radius 3 is 2.69 bits per heavy atom. The monoisotopic (exact) mass is 354 g/mol. The summed E-state index contributed by atoms with van der Waals surface area (Å²) in [6.45, 7) is 4.95. The summed E-state index contributed by atoms with van der Waals surface area (Å²) in [5.41, 5.74) is 2.02. The van der Waals surface area contributed by atoms with Crippen molar-refractivity contribution in [2.75, 3.05) is 6.54 Å². The molecule has 0 spiro atoms. The van der Waals surface area contributed by atoms with Crippen LogP contribution in [0.5, 0.6) is 5.88 Å². The summed E-state index contributed by atoms with van der Waals surface area (Å²) in [6, 6.07) is 13.6. The summed E-state index contributed by atoms with van der Waals surface area (Å²) in [4.78, 5) is 18.8. The highest BCUT2D eigenvalue weighted by Gasteiger charge is 2.29. The number of rotatable bonds is 5. The fourth-order valence-electron chi connectivity index (χ4n) is 3.20. The van der Waals surface area contributed by atoms with Crippen molar-refractivity contribution in [3.8, 4) is 5.88 Å². The standard InChI is InChI=1S/C21H26N2O3/c1-16(2)26-20-12-11-18(14-22-20)19-10-6-7-13-23(19)21(24)25-15-17-8-4-3-5-9-17/h3-5,8-9,11-12,14,16,19H,6-7,10,13,15H2,1-2H3. The summed E-state index contributed by atoms with van der Waals surface area (Å²) in [6.07, 6.45) is 4.65. The Labute approximate surface area is 155 Å². The van der Waals surface area contributed by atoms with Gasteiger partial charge in [-0.05, 0) is 44.2 Å². The Bertz CT molecular complexity index is 701. The molecule has 3 rings (SSSR count). The van der Waals surface area contributed by atoms with Gasteiger partial charge in [0.2, 0.25) is 5.88 Å². The Balaban J connectivity index is 1.66. The van der Waals surface area contributed by atoms with Gasteiger partial charge in [-0.25, -0.2) is 9.78 Å². The topological polar surface area (TPSA) is 51.7 Å². The second-order valence-electron chi connectivity index (χ2n) is 6.84. The lowest BCUT2D eigenvalue weighted by Gasteiger charge is -2.35. The van der Waals surface area contributed by atoms with E-state index >= 15 is 0 Å². The Morgan fingerprint density at radius 2 is 2.00 bits per heavy atom. The van der Waals surface area contributed by atoms with Crippen molar-refractivity contribution < 1.29 is 14.3 Å². The van der Waals surface area contributed by atoms with E-state index in [4.69, 9.17) is 9.47 Å². The van der Waals surface area contributed by atoms with E-state index in [0.29, 0.717) is 19.0 Å². The molecule has 1 amide bonds. The maximum absolute atomic E-state index is 12.6. The molecule has 0 saturated carbocycles. The number of nitrogens with zero attached hydrogens (tertiary/aromatic N) is 2. The van der Waals surface area contributed by atoms with Crippen LogP contribution < -0.4 is 4.74 Å². The summed E-state index contributed by atoms with van der Waals surface area (Å²) in [7, 11) is 0. The average Bonchev–Trinajstić information content (AvgIpc) is 2.67. The molecule has 0 aliphatic carbocycles. The number of carbonyl (C=O) groups is 1. The van der Waals surface area contributed by atoms with Crippen molar-refractivity contribution in [2.45, 2.75) is 51.9 Å². The third-order valence-corrected chi connectivity index (χ3v) is 4.44. The molecule has 1 fully saturated rings. The number of aromatic nitrogens is 1. The number of hydrogen-bond acceptors (Lipinski definition) is 4. The van der Waals surface area contributed by atoms with E-state index in [2.05, 4.69) is 4.98 Å². The van der Waals surface area contributed by atoms with Crippen LogP contribution in [0, 0.1) is 0 Å². The zero-order valence-corrected chi connectivity index (χ0v) is 15.4. The number of pyridine rings is 1. The lowest BCUT2D eigenvalue weighted by Crippen LogP contribution is -2.38. The van der Waals surface area contributed by atoms with Crippen LogP contribution >= 0.6 is 0 Å². The summed E-state index contributed by atoms with van der Waals surface area (Å²) in [5.74, 6) is 0.609. The smallest absolute Gasteiger partial charge is 0.410 e. The normalized spacial score (nSPS) is 17.2. The molecule has 1 atom stereocenters. The Morgan fingerprint density at radius 1 is 1.19 bits per heavy atom. The molecule has 1 aromatic heterocycles. The molecule has 26 heavy (non-hydrogen) atoms. The maximum atomic E-state index is 12.6. The molecule has 1 saturated heterocycles. The number of likely N-dealkylation sites (tertiary alicyclic amines) is 1. The van der Waals surface area contributed by atoms with E-state index in [-0.39, 0.29) is 18.2 Å². The van der Waals surface area contributed by atoms with Crippen molar-refractivity contribution in [2.24, 2.45) is 0 Å². The predicted molar refractivity (Wildman–Crippen MR) is 99.9 cm³/mol. The SMILES string of the molecule is CC(C)Oc1ccc(C2CCCCN2C(=O)OCc2ccccc2)cn1. The molecular formula is C21H26N2O3. The van der Waals surface area contributed by atoms with Gasteiger partial charge in [-0.1, -0.05) is 36.4 Å². The van der Waals surface area contributed by atoms with E-state index in [0.717, 1.165) is 30.4 Å². The summed E-state index contributed by atoms with van der Waals surface area (Å²) < 4.78 is 11.1. The molecule has 0 radical (unpaired) electrons. The lowest BCUT2D eigenvalue weighted by atomic mass is 9.97. The van der Waals surface area contributed by atoms with Gasteiger partial charge in [0.15, 0.2) is 0 Å². The zero-order valence-electron chi connectivity index (χ0n) is 15.4. The quantitative estimate of drug-likeness (QED) is 0.779. The molecular weight excluding hydrogens is 328 g/mol. The van der Waals surface area contributed by atoms with Crippen LogP contribution in [0.4, 0.5) is 4.79 Å². The van der Waals surface area contributed by atoms with Crippen LogP contribution in [-0.2, 0) is 11.3 Å². The molecule has 1 aliphatic rings. The van der Waals surface area contributed by atoms with E-state index in [1.54, 1.807) is 0 Å². The molecule has 5 heteroatoms. The van der Waals surface area contributed by atoms with Crippen molar-refractivity contribution in [3.05, 3.63) is 59.8 Å². The van der Waals surface area contributed by atoms with Gasteiger partial charge in [-0.15, -0.1) is 0 Å². The highest BCUT2D eigenvalue weighted by Crippen LogP contribution is 2.31. The lowest BCUT2D eigenvalue weighted by molar-refractivity contribution is 0.0678. The van der Waals surface area contributed by atoms with Crippen LogP contribution in [-0.4, -0.2) is 28.6 Å². The molecule has 1 unspecified atom stereocenters. The van der Waals surface area contributed by atoms with Gasteiger partial charge < -0.3 is 14.4 Å². The first-order chi connectivity index (χ1) is 12.6. The van der Waals surface area contributed by atoms with Gasteiger partial charge in [0.1, 0.15) is 6.61 Å². The number of amides is 1. The fraction of sp³-hybridized carbons (Fsp3) is 0.429. The van der Waals surface area contributed by atoms with Crippen LogP contribution in [0.1, 0.15) is 50.3 Å². The third kappa shape index (κ3) is 4.75. The van der Waals surface area contributed by atoms with Crippen LogP contribution in [0.3, 0.4) is 0 Å². The first-order valence-electron chi connectivity index (χ1n) is 9.23. The Hall–Kier alpha value is -2.56. The van der Waals surface area contributed by atoms with Gasteiger partial charge >= 0.3 is 6.09 Å². The Kier molecular flexibility index (Phi) is 6.10. The van der Waals surface area contributed by atoms with Crippen molar-refractivity contribution in [1.29, 1.82) is 0 Å². The van der Waals surface area contributed by atoms with Gasteiger partial charge in [-0.3, -0.25) is 0 Å². The highest BCUT2D eigenvalue weighted by atomic mass is 16.6. The number of ether oxygens (including phenoxy) is 2. The largest absolute Gasteiger partial charge is 0.475 e. The van der Waals surface area contributed by atoms with Crippen molar-refractivity contribution in [3.63, 3.8) is 0 Å². The second kappa shape index (κ2) is 8.70. The molecule has 1 aromatic carbocycles. The number of piperidine rings is 1. The fourth-order valence-corrected chi connectivity index (χ4v) is 3.20. The first kappa shape index (κ1) is 18.2. The predicted octanol–water partition coefficient (Wildman–Crippen LogP) is 4.73. The van der Waals surface area contributed by atoms with E-state index < -0.39 is 0 Å². The minimum absolute atomic E-state index is 0.00706. The number of benzene rings is 1. The molecule has 5 nitrogen and oxygen atoms in total. The molecule has 0 bridgehead atoms. The maximum Gasteiger partial charge on any atom is 0.410 e. The van der Waals surface area contributed by atoms with Crippen LogP contribution in [0.25, 0.3) is 0 Å². The molecule has 2 aromatic rings. The van der Waals surface area contributed by atoms with Gasteiger partial charge in [0.25, 0.3) is 0 Å². The van der Waals surface area contributed by atoms with Gasteiger partial charge in [-0.2, -0.15) is 0 Å². The van der Waals surface area contributed by atoms with E-state index in [1.807, 2.05) is 67.4 Å². The molecule has 0 N–H and O–H groups in total. The zero-order chi connectivity index (χ0) is 18.4. The highest BCUT2D eigenvalue weighted by molar-refractivity contribution is 5.68. The van der Waals surface area contributed by atoms with Crippen molar-refractivity contribution >= 4 is 6.09 Å². The van der Waals surface area contributed by atoms with Crippen molar-refractivity contribution in [1.82, 2.24) is 9.88 Å². The second-order valence-corrected chi connectivity index (χ2v) is 6.84. The van der Waals surface area contributed by atoms with Crippen LogP contribution in [0.15, 0.2) is 48.7 Å². The number of hydrogen-bond donors (Lipinski definition) is 0.